The third kappa shape index (κ3) is 2.40. The van der Waals surface area contributed by atoms with E-state index in [1.54, 1.807) is 0 Å². The Morgan fingerprint density at radius 2 is 1.67 bits per heavy atom. The zero-order chi connectivity index (χ0) is 10.7. The molecule has 0 spiro atoms. The molecule has 0 saturated carbocycles. The number of halogens is 1. The second-order valence-electron chi connectivity index (χ2n) is 3.70. The third-order valence-electron chi connectivity index (χ3n) is 2.46. The molecule has 0 heterocycles. The fourth-order valence-corrected chi connectivity index (χ4v) is 1.79. The Balaban J connectivity index is 2.37. The van der Waals surface area contributed by atoms with Gasteiger partial charge in [-0.15, -0.1) is 11.6 Å². The summed E-state index contributed by atoms with van der Waals surface area (Å²) in [6.07, 6.45) is 0. The maximum absolute atomic E-state index is 5.75. The van der Waals surface area contributed by atoms with Crippen molar-refractivity contribution in [2.45, 2.75) is 12.8 Å². The summed E-state index contributed by atoms with van der Waals surface area (Å²) >= 11 is 5.75. The van der Waals surface area contributed by atoms with Crippen LogP contribution in [0.1, 0.15) is 11.1 Å². The Morgan fingerprint density at radius 1 is 0.933 bits per heavy atom. The summed E-state index contributed by atoms with van der Waals surface area (Å²) in [6, 6.07) is 16.9. The minimum Gasteiger partial charge on any atom is -0.122 e. The molecule has 0 nitrogen and oxygen atoms in total. The standard InChI is InChI=1S/C14H13Cl/c1-11-3-2-4-14(9-11)13-7-5-12(10-15)6-8-13/h2-9H,10H2,1H3. The monoisotopic (exact) mass is 216 g/mol. The van der Waals surface area contributed by atoms with Gasteiger partial charge in [-0.1, -0.05) is 54.1 Å². The SMILES string of the molecule is Cc1cccc(-c2ccc(CCl)cc2)c1. The molecule has 76 valence electrons. The van der Waals surface area contributed by atoms with Gasteiger partial charge in [-0.05, 0) is 23.6 Å². The lowest BCUT2D eigenvalue weighted by Crippen LogP contribution is -1.81. The van der Waals surface area contributed by atoms with E-state index in [-0.39, 0.29) is 0 Å². The van der Waals surface area contributed by atoms with Crippen LogP contribution in [0.4, 0.5) is 0 Å². The van der Waals surface area contributed by atoms with E-state index in [0.717, 1.165) is 5.56 Å². The zero-order valence-corrected chi connectivity index (χ0v) is 9.46. The smallest absolute Gasteiger partial charge is 0.0474 e. The van der Waals surface area contributed by atoms with Crippen LogP contribution in [-0.4, -0.2) is 0 Å². The second kappa shape index (κ2) is 4.50. The van der Waals surface area contributed by atoms with E-state index >= 15 is 0 Å². The van der Waals surface area contributed by atoms with Gasteiger partial charge in [0.15, 0.2) is 0 Å². The predicted molar refractivity (Wildman–Crippen MR) is 66.2 cm³/mol. The highest BCUT2D eigenvalue weighted by atomic mass is 35.5. The molecule has 2 aromatic rings. The summed E-state index contributed by atoms with van der Waals surface area (Å²) in [5.41, 5.74) is 4.95. The Morgan fingerprint density at radius 3 is 2.27 bits per heavy atom. The van der Waals surface area contributed by atoms with E-state index in [1.165, 1.54) is 16.7 Å². The summed E-state index contributed by atoms with van der Waals surface area (Å²) < 4.78 is 0. The molecule has 0 N–H and O–H groups in total. The highest BCUT2D eigenvalue weighted by Crippen LogP contribution is 2.21. The van der Waals surface area contributed by atoms with Crippen molar-refractivity contribution in [1.82, 2.24) is 0 Å². The van der Waals surface area contributed by atoms with Crippen LogP contribution in [0.3, 0.4) is 0 Å². The first-order chi connectivity index (χ1) is 7.29. The van der Waals surface area contributed by atoms with E-state index in [1.807, 2.05) is 0 Å². The van der Waals surface area contributed by atoms with Gasteiger partial charge in [-0.25, -0.2) is 0 Å². The molecular formula is C14H13Cl. The Hall–Kier alpha value is -1.27. The van der Waals surface area contributed by atoms with Gasteiger partial charge in [0, 0.05) is 5.88 Å². The molecule has 2 rings (SSSR count). The van der Waals surface area contributed by atoms with Gasteiger partial charge in [0.1, 0.15) is 0 Å². The van der Waals surface area contributed by atoms with Crippen molar-refractivity contribution in [1.29, 1.82) is 0 Å². The highest BCUT2D eigenvalue weighted by molar-refractivity contribution is 6.17. The molecule has 0 aliphatic heterocycles. The molecule has 15 heavy (non-hydrogen) atoms. The normalized spacial score (nSPS) is 10.3. The summed E-state index contributed by atoms with van der Waals surface area (Å²) in [4.78, 5) is 0. The van der Waals surface area contributed by atoms with Crippen LogP contribution in [0.5, 0.6) is 0 Å². The first-order valence-electron chi connectivity index (χ1n) is 5.01. The fourth-order valence-electron chi connectivity index (χ4n) is 1.61. The van der Waals surface area contributed by atoms with Crippen LogP contribution in [0, 0.1) is 6.92 Å². The molecule has 0 bridgehead atoms. The Labute approximate surface area is 95.5 Å². The quantitative estimate of drug-likeness (QED) is 0.653. The second-order valence-corrected chi connectivity index (χ2v) is 3.97. The molecular weight excluding hydrogens is 204 g/mol. The van der Waals surface area contributed by atoms with Crippen molar-refractivity contribution in [2.75, 3.05) is 0 Å². The van der Waals surface area contributed by atoms with E-state index in [4.69, 9.17) is 11.6 Å². The van der Waals surface area contributed by atoms with E-state index in [2.05, 4.69) is 55.5 Å². The van der Waals surface area contributed by atoms with Crippen LogP contribution >= 0.6 is 11.6 Å². The number of rotatable bonds is 2. The van der Waals surface area contributed by atoms with Gasteiger partial charge >= 0.3 is 0 Å². The van der Waals surface area contributed by atoms with Crippen LogP contribution in [0.15, 0.2) is 48.5 Å². The lowest BCUT2D eigenvalue weighted by Gasteiger charge is -2.03. The average molecular weight is 217 g/mol. The number of alkyl halides is 1. The van der Waals surface area contributed by atoms with Crippen molar-refractivity contribution >= 4 is 11.6 Å². The molecule has 0 aliphatic carbocycles. The van der Waals surface area contributed by atoms with Crippen LogP contribution < -0.4 is 0 Å². The molecule has 0 atom stereocenters. The number of hydrogen-bond acceptors (Lipinski definition) is 0. The summed E-state index contributed by atoms with van der Waals surface area (Å²) in [5, 5.41) is 0. The molecule has 0 fully saturated rings. The molecule has 0 saturated heterocycles. The van der Waals surface area contributed by atoms with E-state index < -0.39 is 0 Å². The average Bonchev–Trinajstić information content (AvgIpc) is 2.29. The predicted octanol–water partition coefficient (Wildman–Crippen LogP) is 4.40. The lowest BCUT2D eigenvalue weighted by atomic mass is 10.0. The minimum absolute atomic E-state index is 0.577. The van der Waals surface area contributed by atoms with Crippen LogP contribution in [0.25, 0.3) is 11.1 Å². The molecule has 2 aromatic carbocycles. The maximum atomic E-state index is 5.75. The number of benzene rings is 2. The van der Waals surface area contributed by atoms with Crippen molar-refractivity contribution < 1.29 is 0 Å². The first-order valence-corrected chi connectivity index (χ1v) is 5.55. The van der Waals surface area contributed by atoms with Crippen LogP contribution in [0.2, 0.25) is 0 Å². The number of hydrogen-bond donors (Lipinski definition) is 0. The van der Waals surface area contributed by atoms with E-state index in [9.17, 15) is 0 Å². The molecule has 0 aliphatic rings. The summed E-state index contributed by atoms with van der Waals surface area (Å²) in [7, 11) is 0. The Kier molecular flexibility index (Phi) is 3.08. The highest BCUT2D eigenvalue weighted by Gasteiger charge is 1.97. The Bertz CT molecular complexity index is 443. The molecule has 1 heteroatoms. The van der Waals surface area contributed by atoms with E-state index in [0.29, 0.717) is 5.88 Å². The van der Waals surface area contributed by atoms with Gasteiger partial charge < -0.3 is 0 Å². The van der Waals surface area contributed by atoms with Crippen molar-refractivity contribution in [3.63, 3.8) is 0 Å². The molecule has 0 aromatic heterocycles. The van der Waals surface area contributed by atoms with Gasteiger partial charge in [-0.2, -0.15) is 0 Å². The fraction of sp³-hybridized carbons (Fsp3) is 0.143. The third-order valence-corrected chi connectivity index (χ3v) is 2.77. The molecule has 0 radical (unpaired) electrons. The van der Waals surface area contributed by atoms with Gasteiger partial charge in [0.05, 0.1) is 0 Å². The molecule has 0 amide bonds. The molecule has 0 unspecified atom stereocenters. The van der Waals surface area contributed by atoms with Crippen molar-refractivity contribution in [3.8, 4) is 11.1 Å². The van der Waals surface area contributed by atoms with Crippen molar-refractivity contribution in [2.24, 2.45) is 0 Å². The number of aryl methyl sites for hydroxylation is 1. The lowest BCUT2D eigenvalue weighted by molar-refractivity contribution is 1.40. The first kappa shape index (κ1) is 10.3. The minimum atomic E-state index is 0.577. The zero-order valence-electron chi connectivity index (χ0n) is 8.70. The summed E-state index contributed by atoms with van der Waals surface area (Å²) in [6.45, 7) is 2.11. The van der Waals surface area contributed by atoms with Crippen molar-refractivity contribution in [3.05, 3.63) is 59.7 Å². The largest absolute Gasteiger partial charge is 0.122 e. The van der Waals surface area contributed by atoms with Gasteiger partial charge in [0.25, 0.3) is 0 Å². The van der Waals surface area contributed by atoms with Crippen LogP contribution in [-0.2, 0) is 5.88 Å². The summed E-state index contributed by atoms with van der Waals surface area (Å²) in [5.74, 6) is 0.577. The maximum Gasteiger partial charge on any atom is 0.0474 e. The topological polar surface area (TPSA) is 0 Å². The van der Waals surface area contributed by atoms with Gasteiger partial charge in [0.2, 0.25) is 0 Å². The van der Waals surface area contributed by atoms with Gasteiger partial charge in [-0.3, -0.25) is 0 Å².